The zero-order valence-electron chi connectivity index (χ0n) is 17.8. The Morgan fingerprint density at radius 3 is 2.47 bits per heavy atom. The maximum absolute atomic E-state index is 13.2. The summed E-state index contributed by atoms with van der Waals surface area (Å²) in [5, 5.41) is 6.24. The first kappa shape index (κ1) is 21.2. The van der Waals surface area contributed by atoms with Gasteiger partial charge in [-0.25, -0.2) is 14.4 Å². The summed E-state index contributed by atoms with van der Waals surface area (Å²) in [7, 11) is 0. The molecule has 1 heterocycles. The number of hydrogen-bond acceptors (Lipinski definition) is 4. The highest BCUT2D eigenvalue weighted by molar-refractivity contribution is 5.95. The lowest BCUT2D eigenvalue weighted by Gasteiger charge is -2.15. The summed E-state index contributed by atoms with van der Waals surface area (Å²) in [6.07, 6.45) is 1.63. The normalized spacial score (nSPS) is 11.6. The summed E-state index contributed by atoms with van der Waals surface area (Å²) in [4.78, 5) is 21.5. The molecule has 5 nitrogen and oxygen atoms in total. The number of rotatable bonds is 6. The molecule has 1 amide bonds. The van der Waals surface area contributed by atoms with Gasteiger partial charge in [-0.15, -0.1) is 0 Å². The van der Waals surface area contributed by atoms with Crippen molar-refractivity contribution in [1.82, 2.24) is 15.3 Å². The Bertz CT molecular complexity index is 1220. The van der Waals surface area contributed by atoms with Crippen LogP contribution in [0.1, 0.15) is 34.5 Å². The number of nitrogens with one attached hydrogen (secondary N) is 2. The number of anilines is 2. The molecule has 0 aliphatic carbocycles. The molecule has 6 heteroatoms. The van der Waals surface area contributed by atoms with E-state index in [-0.39, 0.29) is 17.8 Å². The quantitative estimate of drug-likeness (QED) is 0.407. The Balaban J connectivity index is 1.47. The summed E-state index contributed by atoms with van der Waals surface area (Å²) < 4.78 is 13.2. The van der Waals surface area contributed by atoms with E-state index < -0.39 is 0 Å². The first-order valence-electron chi connectivity index (χ1n) is 10.3. The van der Waals surface area contributed by atoms with Crippen LogP contribution in [-0.4, -0.2) is 15.9 Å². The first-order valence-corrected chi connectivity index (χ1v) is 10.3. The Labute approximate surface area is 186 Å². The highest BCUT2D eigenvalue weighted by Gasteiger charge is 2.12. The van der Waals surface area contributed by atoms with Gasteiger partial charge in [0.05, 0.1) is 6.04 Å². The molecule has 0 saturated carbocycles. The van der Waals surface area contributed by atoms with E-state index in [2.05, 4.69) is 20.6 Å². The molecular formula is C26H23FN4O. The second-order valence-corrected chi connectivity index (χ2v) is 7.58. The Morgan fingerprint density at radius 2 is 1.72 bits per heavy atom. The second-order valence-electron chi connectivity index (χ2n) is 7.58. The number of aromatic nitrogens is 2. The smallest absolute Gasteiger partial charge is 0.251 e. The molecule has 160 valence electrons. The van der Waals surface area contributed by atoms with Crippen molar-refractivity contribution in [2.24, 2.45) is 0 Å². The van der Waals surface area contributed by atoms with Crippen LogP contribution in [0, 0.1) is 12.7 Å². The van der Waals surface area contributed by atoms with E-state index in [4.69, 9.17) is 0 Å². The average molecular weight is 426 g/mol. The van der Waals surface area contributed by atoms with Gasteiger partial charge in [-0.2, -0.15) is 0 Å². The predicted molar refractivity (Wildman–Crippen MR) is 124 cm³/mol. The molecule has 0 unspecified atom stereocenters. The second kappa shape index (κ2) is 9.39. The Morgan fingerprint density at radius 1 is 0.969 bits per heavy atom. The third-order valence-corrected chi connectivity index (χ3v) is 5.08. The number of nitrogens with zero attached hydrogens (tertiary/aromatic N) is 2. The number of hydrogen-bond donors (Lipinski definition) is 2. The molecule has 2 N–H and O–H groups in total. The standard InChI is InChI=1S/C26H23FN4O/c1-17-6-8-19(9-7-17)18(2)29-26(32)21-4-3-5-23(16-21)30-24-14-15-28-25(31-24)20-10-12-22(27)13-11-20/h3-16,18H,1-2H3,(H,29,32)(H,28,30,31)/t18-/m1/s1. The van der Waals surface area contributed by atoms with Gasteiger partial charge >= 0.3 is 0 Å². The lowest BCUT2D eigenvalue weighted by Crippen LogP contribution is -2.26. The summed E-state index contributed by atoms with van der Waals surface area (Å²) in [6, 6.07) is 23.0. The first-order chi connectivity index (χ1) is 15.5. The van der Waals surface area contributed by atoms with Crippen molar-refractivity contribution in [3.05, 3.63) is 108 Å². The molecule has 0 radical (unpaired) electrons. The van der Waals surface area contributed by atoms with Gasteiger partial charge in [0.2, 0.25) is 0 Å². The van der Waals surface area contributed by atoms with Crippen molar-refractivity contribution in [2.75, 3.05) is 5.32 Å². The summed E-state index contributed by atoms with van der Waals surface area (Å²) in [5.74, 6) is 0.590. The molecule has 32 heavy (non-hydrogen) atoms. The summed E-state index contributed by atoms with van der Waals surface area (Å²) in [6.45, 7) is 3.99. The van der Waals surface area contributed by atoms with Crippen molar-refractivity contribution in [3.63, 3.8) is 0 Å². The fraction of sp³-hybridized carbons (Fsp3) is 0.115. The van der Waals surface area contributed by atoms with E-state index in [0.717, 1.165) is 11.3 Å². The van der Waals surface area contributed by atoms with E-state index in [0.29, 0.717) is 22.8 Å². The molecule has 4 rings (SSSR count). The molecule has 0 aliphatic heterocycles. The lowest BCUT2D eigenvalue weighted by atomic mass is 10.1. The van der Waals surface area contributed by atoms with Crippen LogP contribution >= 0.6 is 0 Å². The fourth-order valence-electron chi connectivity index (χ4n) is 3.27. The van der Waals surface area contributed by atoms with Crippen LogP contribution in [-0.2, 0) is 0 Å². The number of aryl methyl sites for hydroxylation is 1. The van der Waals surface area contributed by atoms with Gasteiger partial charge in [0, 0.05) is 23.0 Å². The number of carbonyl (C=O) groups excluding carboxylic acids is 1. The molecule has 1 aromatic heterocycles. The lowest BCUT2D eigenvalue weighted by molar-refractivity contribution is 0.0940. The van der Waals surface area contributed by atoms with Crippen LogP contribution in [0.25, 0.3) is 11.4 Å². The maximum atomic E-state index is 13.2. The van der Waals surface area contributed by atoms with Gasteiger partial charge < -0.3 is 10.6 Å². The van der Waals surface area contributed by atoms with Gasteiger partial charge in [-0.05, 0) is 67.9 Å². The van der Waals surface area contributed by atoms with Crippen LogP contribution in [0.4, 0.5) is 15.9 Å². The Kier molecular flexibility index (Phi) is 6.22. The van der Waals surface area contributed by atoms with Gasteiger partial charge in [0.25, 0.3) is 5.91 Å². The topological polar surface area (TPSA) is 66.9 Å². The SMILES string of the molecule is Cc1ccc([C@@H](C)NC(=O)c2cccc(Nc3ccnc(-c4ccc(F)cc4)n3)c2)cc1. The molecule has 0 fully saturated rings. The number of halogens is 1. The minimum absolute atomic E-state index is 0.111. The molecule has 4 aromatic rings. The largest absolute Gasteiger partial charge is 0.346 e. The summed E-state index contributed by atoms with van der Waals surface area (Å²) in [5.41, 5.74) is 4.21. The molecular weight excluding hydrogens is 403 g/mol. The molecule has 0 spiro atoms. The van der Waals surface area contributed by atoms with Crippen molar-refractivity contribution >= 4 is 17.4 Å². The van der Waals surface area contributed by atoms with Crippen LogP contribution in [0.2, 0.25) is 0 Å². The van der Waals surface area contributed by atoms with Crippen molar-refractivity contribution < 1.29 is 9.18 Å². The molecule has 0 saturated heterocycles. The minimum atomic E-state index is -0.310. The van der Waals surface area contributed by atoms with Crippen LogP contribution in [0.5, 0.6) is 0 Å². The van der Waals surface area contributed by atoms with E-state index in [1.54, 1.807) is 36.5 Å². The summed E-state index contributed by atoms with van der Waals surface area (Å²) >= 11 is 0. The Hall–Kier alpha value is -4.06. The number of benzene rings is 3. The van der Waals surface area contributed by atoms with Gasteiger partial charge in [0.15, 0.2) is 5.82 Å². The molecule has 0 bridgehead atoms. The highest BCUT2D eigenvalue weighted by Crippen LogP contribution is 2.21. The number of carbonyl (C=O) groups is 1. The zero-order valence-corrected chi connectivity index (χ0v) is 17.8. The van der Waals surface area contributed by atoms with Gasteiger partial charge in [-0.1, -0.05) is 35.9 Å². The predicted octanol–water partition coefficient (Wildman–Crippen LogP) is 5.83. The van der Waals surface area contributed by atoms with E-state index in [1.165, 1.54) is 17.7 Å². The monoisotopic (exact) mass is 426 g/mol. The molecule has 0 aliphatic rings. The average Bonchev–Trinajstić information content (AvgIpc) is 2.80. The molecule has 3 aromatic carbocycles. The highest BCUT2D eigenvalue weighted by atomic mass is 19.1. The van der Waals surface area contributed by atoms with Crippen LogP contribution in [0.15, 0.2) is 85.1 Å². The van der Waals surface area contributed by atoms with Gasteiger partial charge in [-0.3, -0.25) is 4.79 Å². The van der Waals surface area contributed by atoms with Crippen LogP contribution < -0.4 is 10.6 Å². The van der Waals surface area contributed by atoms with Crippen molar-refractivity contribution in [3.8, 4) is 11.4 Å². The van der Waals surface area contributed by atoms with E-state index >= 15 is 0 Å². The van der Waals surface area contributed by atoms with Crippen molar-refractivity contribution in [2.45, 2.75) is 19.9 Å². The third-order valence-electron chi connectivity index (χ3n) is 5.08. The van der Waals surface area contributed by atoms with E-state index in [1.807, 2.05) is 50.2 Å². The zero-order chi connectivity index (χ0) is 22.5. The van der Waals surface area contributed by atoms with Crippen LogP contribution in [0.3, 0.4) is 0 Å². The maximum Gasteiger partial charge on any atom is 0.251 e. The van der Waals surface area contributed by atoms with Gasteiger partial charge in [0.1, 0.15) is 11.6 Å². The van der Waals surface area contributed by atoms with Crippen molar-refractivity contribution in [1.29, 1.82) is 0 Å². The fourth-order valence-corrected chi connectivity index (χ4v) is 3.27. The third kappa shape index (κ3) is 5.16. The molecule has 1 atom stereocenters. The minimum Gasteiger partial charge on any atom is -0.346 e. The number of amides is 1. The van der Waals surface area contributed by atoms with E-state index in [9.17, 15) is 9.18 Å².